The van der Waals surface area contributed by atoms with Crippen LogP contribution in [-0.4, -0.2) is 47.1 Å². The highest BCUT2D eigenvalue weighted by Gasteiger charge is 2.46. The number of benzene rings is 1. The number of amides is 1. The fourth-order valence-electron chi connectivity index (χ4n) is 5.15. The fraction of sp³-hybridized carbons (Fsp3) is 0.609. The molecule has 2 fully saturated rings. The minimum absolute atomic E-state index is 0.0361. The number of ether oxygens (including phenoxy) is 1. The van der Waals surface area contributed by atoms with Gasteiger partial charge in [-0.05, 0) is 30.9 Å². The van der Waals surface area contributed by atoms with Gasteiger partial charge in [0, 0.05) is 23.4 Å². The Bertz CT molecular complexity index is 881. The van der Waals surface area contributed by atoms with Gasteiger partial charge in [0.2, 0.25) is 5.91 Å². The zero-order valence-electron chi connectivity index (χ0n) is 17.3. The molecule has 1 aromatic heterocycles. The van der Waals surface area contributed by atoms with E-state index < -0.39 is 6.04 Å². The molecule has 0 unspecified atom stereocenters. The Balaban J connectivity index is 1.57. The number of hydrogen-bond donors (Lipinski definition) is 3. The molecule has 1 saturated heterocycles. The third-order valence-corrected chi connectivity index (χ3v) is 7.22. The largest absolute Gasteiger partial charge is 0.394 e. The van der Waals surface area contributed by atoms with Crippen molar-refractivity contribution in [1.29, 1.82) is 0 Å². The minimum Gasteiger partial charge on any atom is -0.394 e. The van der Waals surface area contributed by atoms with Crippen LogP contribution in [0.5, 0.6) is 0 Å². The van der Waals surface area contributed by atoms with Crippen LogP contribution in [-0.2, 0) is 9.53 Å². The van der Waals surface area contributed by atoms with Crippen molar-refractivity contribution >= 4 is 34.1 Å². The van der Waals surface area contributed by atoms with Crippen molar-refractivity contribution < 1.29 is 19.7 Å². The maximum atomic E-state index is 13.1. The lowest BCUT2D eigenvalue weighted by molar-refractivity contribution is -0.160. The van der Waals surface area contributed by atoms with Crippen LogP contribution in [0.1, 0.15) is 51.0 Å². The Kier molecular flexibility index (Phi) is 6.68. The number of fused-ring (bicyclic) bond motifs is 1. The van der Waals surface area contributed by atoms with E-state index in [9.17, 15) is 15.0 Å². The Morgan fingerprint density at radius 3 is 2.50 bits per heavy atom. The number of nitrogens with zero attached hydrogens (tertiary/aromatic N) is 1. The molecule has 0 bridgehead atoms. The van der Waals surface area contributed by atoms with Gasteiger partial charge in [0.15, 0.2) is 0 Å². The molecule has 1 aliphatic heterocycles. The first-order chi connectivity index (χ1) is 14.6. The number of carbonyl (C=O) groups excluding carboxylic acids is 1. The monoisotopic (exact) mass is 434 g/mol. The van der Waals surface area contributed by atoms with Crippen LogP contribution in [0.25, 0.3) is 10.9 Å². The average molecular weight is 435 g/mol. The lowest BCUT2D eigenvalue weighted by atomic mass is 9.68. The topological polar surface area (TPSA) is 83.7 Å². The van der Waals surface area contributed by atoms with E-state index in [1.165, 1.54) is 38.5 Å². The van der Waals surface area contributed by atoms with Crippen molar-refractivity contribution in [1.82, 2.24) is 4.57 Å². The van der Waals surface area contributed by atoms with E-state index >= 15 is 0 Å². The van der Waals surface area contributed by atoms with Gasteiger partial charge in [0.1, 0.15) is 0 Å². The number of aliphatic hydroxyl groups is 2. The minimum atomic E-state index is -0.492. The van der Waals surface area contributed by atoms with Gasteiger partial charge in [0.05, 0.1) is 48.7 Å². The highest BCUT2D eigenvalue weighted by atomic mass is 35.5. The molecule has 1 saturated carbocycles. The maximum absolute atomic E-state index is 13.1. The molecule has 2 aromatic rings. The Morgan fingerprint density at radius 1 is 1.20 bits per heavy atom. The summed E-state index contributed by atoms with van der Waals surface area (Å²) in [5.41, 5.74) is 1.33. The van der Waals surface area contributed by atoms with Crippen LogP contribution >= 0.6 is 11.6 Å². The second-order valence-electron chi connectivity index (χ2n) is 8.87. The Hall–Kier alpha value is -1.60. The predicted octanol–water partition coefficient (Wildman–Crippen LogP) is 4.14. The van der Waals surface area contributed by atoms with Crippen molar-refractivity contribution in [2.24, 2.45) is 11.3 Å². The van der Waals surface area contributed by atoms with E-state index in [0.29, 0.717) is 36.3 Å². The van der Waals surface area contributed by atoms with E-state index in [-0.39, 0.29) is 24.5 Å². The zero-order chi connectivity index (χ0) is 21.1. The molecule has 1 amide bonds. The molecule has 2 heterocycles. The van der Waals surface area contributed by atoms with E-state index in [0.717, 1.165) is 10.9 Å². The first-order valence-electron chi connectivity index (χ1n) is 11.0. The van der Waals surface area contributed by atoms with Gasteiger partial charge < -0.3 is 24.8 Å². The average Bonchev–Trinajstić information content (AvgIpc) is 2.89. The van der Waals surface area contributed by atoms with Crippen molar-refractivity contribution in [2.75, 3.05) is 31.7 Å². The maximum Gasteiger partial charge on any atom is 0.225 e. The molecular weight excluding hydrogens is 404 g/mol. The van der Waals surface area contributed by atoms with Gasteiger partial charge in [-0.2, -0.15) is 0 Å². The molecule has 164 valence electrons. The molecule has 3 N–H and O–H groups in total. The van der Waals surface area contributed by atoms with Crippen molar-refractivity contribution in [3.8, 4) is 0 Å². The van der Waals surface area contributed by atoms with Crippen LogP contribution in [0.2, 0.25) is 5.02 Å². The lowest BCUT2D eigenvalue weighted by Gasteiger charge is -2.47. The van der Waals surface area contributed by atoms with Crippen molar-refractivity contribution in [3.05, 3.63) is 29.4 Å². The smallest absolute Gasteiger partial charge is 0.225 e. The third kappa shape index (κ3) is 4.11. The molecule has 0 radical (unpaired) electrons. The van der Waals surface area contributed by atoms with Crippen molar-refractivity contribution in [3.63, 3.8) is 0 Å². The van der Waals surface area contributed by atoms with Gasteiger partial charge >= 0.3 is 0 Å². The van der Waals surface area contributed by atoms with Gasteiger partial charge in [0.25, 0.3) is 0 Å². The highest BCUT2D eigenvalue weighted by molar-refractivity contribution is 6.36. The summed E-state index contributed by atoms with van der Waals surface area (Å²) in [6.45, 7) is 0.903. The summed E-state index contributed by atoms with van der Waals surface area (Å²) in [7, 11) is 0. The van der Waals surface area contributed by atoms with Crippen LogP contribution in [0, 0.1) is 11.3 Å². The molecule has 7 heteroatoms. The lowest BCUT2D eigenvalue weighted by Crippen LogP contribution is -2.50. The number of halogens is 1. The first-order valence-corrected chi connectivity index (χ1v) is 11.3. The molecule has 1 aliphatic carbocycles. The SMILES string of the molecule is O=C(CC1(C2CCCCCC2)COC1)Nc1cn(C(CO)CO)c2cccc(Cl)c12. The standard InChI is InChI=1S/C23H31ClN2O4/c24-18-8-5-9-20-22(18)19(11-26(20)17(12-27)13-28)25-21(29)10-23(14-30-15-23)16-6-3-1-2-4-7-16/h5,8-9,11,16-17,27-28H,1-4,6-7,10,12-15H2,(H,25,29). The number of aliphatic hydroxyl groups excluding tert-OH is 2. The molecule has 6 nitrogen and oxygen atoms in total. The van der Waals surface area contributed by atoms with Gasteiger partial charge in [-0.15, -0.1) is 0 Å². The van der Waals surface area contributed by atoms with Gasteiger partial charge in [-0.3, -0.25) is 4.79 Å². The normalized spacial score (nSPS) is 19.6. The second kappa shape index (κ2) is 9.27. The van der Waals surface area contributed by atoms with Crippen LogP contribution in [0.15, 0.2) is 24.4 Å². The molecule has 1 aromatic carbocycles. The molecular formula is C23H31ClN2O4. The summed E-state index contributed by atoms with van der Waals surface area (Å²) in [5, 5.41) is 23.6. The van der Waals surface area contributed by atoms with E-state index in [2.05, 4.69) is 5.32 Å². The number of nitrogens with one attached hydrogen (secondary N) is 1. The molecule has 4 rings (SSSR count). The van der Waals surface area contributed by atoms with E-state index in [1.54, 1.807) is 16.8 Å². The van der Waals surface area contributed by atoms with E-state index in [1.807, 2.05) is 12.1 Å². The Morgan fingerprint density at radius 2 is 1.90 bits per heavy atom. The fourth-order valence-corrected chi connectivity index (χ4v) is 5.42. The number of rotatable bonds is 7. The number of carbonyl (C=O) groups is 1. The van der Waals surface area contributed by atoms with E-state index in [4.69, 9.17) is 16.3 Å². The Labute approximate surface area is 182 Å². The number of aromatic nitrogens is 1. The molecule has 0 spiro atoms. The summed E-state index contributed by atoms with van der Waals surface area (Å²) < 4.78 is 7.36. The molecule has 0 atom stereocenters. The first kappa shape index (κ1) is 21.6. The zero-order valence-corrected chi connectivity index (χ0v) is 18.0. The van der Waals surface area contributed by atoms with Gasteiger partial charge in [-0.1, -0.05) is 43.4 Å². The quantitative estimate of drug-likeness (QED) is 0.572. The van der Waals surface area contributed by atoms with Crippen LogP contribution in [0.4, 0.5) is 5.69 Å². The van der Waals surface area contributed by atoms with Crippen molar-refractivity contribution in [2.45, 2.75) is 51.0 Å². The molecule has 2 aliphatic rings. The summed E-state index contributed by atoms with van der Waals surface area (Å²) in [6.07, 6.45) is 9.61. The summed E-state index contributed by atoms with van der Waals surface area (Å²) >= 11 is 6.45. The third-order valence-electron chi connectivity index (χ3n) is 6.91. The van der Waals surface area contributed by atoms with Crippen LogP contribution in [0.3, 0.4) is 0 Å². The summed E-state index contributed by atoms with van der Waals surface area (Å²) in [5.74, 6) is 0.503. The number of hydrogen-bond acceptors (Lipinski definition) is 4. The second-order valence-corrected chi connectivity index (χ2v) is 9.28. The molecule has 30 heavy (non-hydrogen) atoms. The van der Waals surface area contributed by atoms with Crippen LogP contribution < -0.4 is 5.32 Å². The predicted molar refractivity (Wildman–Crippen MR) is 118 cm³/mol. The van der Waals surface area contributed by atoms with Gasteiger partial charge in [-0.25, -0.2) is 0 Å². The summed E-state index contributed by atoms with van der Waals surface area (Å²) in [4.78, 5) is 13.1. The highest BCUT2D eigenvalue weighted by Crippen LogP contribution is 2.46. The number of anilines is 1. The summed E-state index contributed by atoms with van der Waals surface area (Å²) in [6, 6.07) is 4.99.